The molecule has 0 saturated heterocycles. The number of nitrogens with zero attached hydrogens (tertiary/aromatic N) is 3. The number of ether oxygens (including phenoxy) is 1. The van der Waals surface area contributed by atoms with Crippen molar-refractivity contribution in [1.29, 1.82) is 0 Å². The van der Waals surface area contributed by atoms with Crippen molar-refractivity contribution in [2.45, 2.75) is 25.7 Å². The summed E-state index contributed by atoms with van der Waals surface area (Å²) in [4.78, 5) is 24.6. The molecule has 2 aromatic heterocycles. The Kier molecular flexibility index (Phi) is 5.08. The molecule has 2 aliphatic rings. The van der Waals surface area contributed by atoms with E-state index in [-0.39, 0.29) is 12.5 Å². The molecular formula is C22H21ClN4O2S. The van der Waals surface area contributed by atoms with Gasteiger partial charge in [-0.2, -0.15) is 0 Å². The summed E-state index contributed by atoms with van der Waals surface area (Å²) in [6.07, 6.45) is 4.02. The topological polar surface area (TPSA) is 67.3 Å². The molecule has 3 heterocycles. The van der Waals surface area contributed by atoms with Gasteiger partial charge in [-0.05, 0) is 49.4 Å². The van der Waals surface area contributed by atoms with Gasteiger partial charge in [0.1, 0.15) is 11.6 Å². The molecule has 0 atom stereocenters. The average Bonchev–Trinajstić information content (AvgIpc) is 3.50. The van der Waals surface area contributed by atoms with Crippen LogP contribution in [0.2, 0.25) is 4.34 Å². The SMILES string of the molecule is CNC(=O)COc1ccc2c(c1)N(c1nc(-c3ccc(Cl)s3)nc3c1CCC3)CC2. The number of amides is 1. The normalized spacial score (nSPS) is 14.5. The largest absolute Gasteiger partial charge is 0.484 e. The Morgan fingerprint density at radius 3 is 2.93 bits per heavy atom. The van der Waals surface area contributed by atoms with Crippen LogP contribution in [0.15, 0.2) is 30.3 Å². The number of thiophene rings is 1. The molecular weight excluding hydrogens is 420 g/mol. The van der Waals surface area contributed by atoms with Gasteiger partial charge >= 0.3 is 0 Å². The van der Waals surface area contributed by atoms with E-state index in [9.17, 15) is 4.79 Å². The van der Waals surface area contributed by atoms with Gasteiger partial charge in [-0.25, -0.2) is 9.97 Å². The molecule has 6 nitrogen and oxygen atoms in total. The van der Waals surface area contributed by atoms with Gasteiger partial charge < -0.3 is 15.0 Å². The number of halogens is 1. The zero-order chi connectivity index (χ0) is 20.7. The number of hydrogen-bond donors (Lipinski definition) is 1. The van der Waals surface area contributed by atoms with Crippen LogP contribution in [0, 0.1) is 0 Å². The highest BCUT2D eigenvalue weighted by atomic mass is 35.5. The van der Waals surface area contributed by atoms with Crippen LogP contribution in [0.5, 0.6) is 5.75 Å². The molecule has 154 valence electrons. The van der Waals surface area contributed by atoms with E-state index in [2.05, 4.69) is 16.3 Å². The Balaban J connectivity index is 1.53. The van der Waals surface area contributed by atoms with Crippen LogP contribution in [-0.2, 0) is 24.1 Å². The van der Waals surface area contributed by atoms with E-state index in [1.807, 2.05) is 24.3 Å². The Labute approximate surface area is 183 Å². The lowest BCUT2D eigenvalue weighted by atomic mass is 10.1. The summed E-state index contributed by atoms with van der Waals surface area (Å²) in [5, 5.41) is 2.57. The van der Waals surface area contributed by atoms with E-state index in [0.717, 1.165) is 64.5 Å². The number of carbonyl (C=O) groups excluding carboxylic acids is 1. The first kappa shape index (κ1) is 19.3. The summed E-state index contributed by atoms with van der Waals surface area (Å²) in [6, 6.07) is 9.89. The van der Waals surface area contributed by atoms with E-state index in [1.165, 1.54) is 22.5 Å². The lowest BCUT2D eigenvalue weighted by Gasteiger charge is -2.22. The smallest absolute Gasteiger partial charge is 0.257 e. The minimum Gasteiger partial charge on any atom is -0.484 e. The maximum Gasteiger partial charge on any atom is 0.257 e. The van der Waals surface area contributed by atoms with Crippen LogP contribution < -0.4 is 15.0 Å². The number of benzene rings is 1. The molecule has 30 heavy (non-hydrogen) atoms. The van der Waals surface area contributed by atoms with Crippen molar-refractivity contribution in [2.24, 2.45) is 0 Å². The predicted molar refractivity (Wildman–Crippen MR) is 119 cm³/mol. The van der Waals surface area contributed by atoms with E-state index < -0.39 is 0 Å². The van der Waals surface area contributed by atoms with Crippen molar-refractivity contribution in [3.63, 3.8) is 0 Å². The highest BCUT2D eigenvalue weighted by Crippen LogP contribution is 2.41. The van der Waals surface area contributed by atoms with Crippen molar-refractivity contribution in [3.8, 4) is 16.5 Å². The van der Waals surface area contributed by atoms with Gasteiger partial charge in [0.05, 0.1) is 9.21 Å². The molecule has 1 aliphatic carbocycles. The van der Waals surface area contributed by atoms with Gasteiger partial charge in [0.2, 0.25) is 0 Å². The highest BCUT2D eigenvalue weighted by Gasteiger charge is 2.29. The Morgan fingerprint density at radius 1 is 1.23 bits per heavy atom. The molecule has 1 amide bonds. The summed E-state index contributed by atoms with van der Waals surface area (Å²) < 4.78 is 6.41. The number of aromatic nitrogens is 2. The summed E-state index contributed by atoms with van der Waals surface area (Å²) >= 11 is 7.65. The fourth-order valence-corrected chi connectivity index (χ4v) is 5.05. The van der Waals surface area contributed by atoms with Crippen LogP contribution in [-0.4, -0.2) is 36.1 Å². The van der Waals surface area contributed by atoms with Gasteiger partial charge in [0, 0.05) is 36.6 Å². The summed E-state index contributed by atoms with van der Waals surface area (Å²) in [5.74, 6) is 2.25. The van der Waals surface area contributed by atoms with E-state index in [1.54, 1.807) is 7.05 Å². The summed E-state index contributed by atoms with van der Waals surface area (Å²) in [5.41, 5.74) is 4.73. The first-order valence-electron chi connectivity index (χ1n) is 10.0. The van der Waals surface area contributed by atoms with Gasteiger partial charge in [-0.1, -0.05) is 17.7 Å². The minimum absolute atomic E-state index is 0.00147. The molecule has 0 bridgehead atoms. The second kappa shape index (κ2) is 7.89. The van der Waals surface area contributed by atoms with Gasteiger partial charge in [-0.3, -0.25) is 4.79 Å². The third-order valence-corrected chi connectivity index (χ3v) is 6.79. The number of carbonyl (C=O) groups is 1. The van der Waals surface area contributed by atoms with Crippen molar-refractivity contribution in [2.75, 3.05) is 25.1 Å². The number of fused-ring (bicyclic) bond motifs is 2. The van der Waals surface area contributed by atoms with E-state index in [4.69, 9.17) is 26.3 Å². The third kappa shape index (κ3) is 3.52. The molecule has 8 heteroatoms. The number of aryl methyl sites for hydroxylation is 1. The number of anilines is 2. The maximum absolute atomic E-state index is 11.5. The second-order valence-corrected chi connectivity index (χ2v) is 9.12. The zero-order valence-electron chi connectivity index (χ0n) is 16.6. The third-order valence-electron chi connectivity index (χ3n) is 5.56. The minimum atomic E-state index is -0.153. The van der Waals surface area contributed by atoms with Crippen LogP contribution in [0.4, 0.5) is 11.5 Å². The zero-order valence-corrected chi connectivity index (χ0v) is 18.1. The molecule has 0 fully saturated rings. The number of hydrogen-bond acceptors (Lipinski definition) is 6. The number of nitrogens with one attached hydrogen (secondary N) is 1. The van der Waals surface area contributed by atoms with Crippen LogP contribution in [0.25, 0.3) is 10.7 Å². The Morgan fingerprint density at radius 2 is 2.13 bits per heavy atom. The van der Waals surface area contributed by atoms with Gasteiger partial charge in [0.15, 0.2) is 12.4 Å². The lowest BCUT2D eigenvalue weighted by Crippen LogP contribution is -2.24. The summed E-state index contributed by atoms with van der Waals surface area (Å²) in [7, 11) is 1.60. The number of likely N-dealkylation sites (N-methyl/N-ethyl adjacent to an activating group) is 1. The fourth-order valence-electron chi connectivity index (χ4n) is 4.07. The monoisotopic (exact) mass is 440 g/mol. The second-order valence-electron chi connectivity index (χ2n) is 7.41. The Bertz CT molecular complexity index is 1130. The molecule has 1 N–H and O–H groups in total. The Hall–Kier alpha value is -2.64. The molecule has 0 spiro atoms. The molecule has 0 unspecified atom stereocenters. The molecule has 1 aromatic carbocycles. The van der Waals surface area contributed by atoms with Crippen molar-refractivity contribution >= 4 is 40.4 Å². The molecule has 5 rings (SSSR count). The molecule has 0 saturated carbocycles. The van der Waals surface area contributed by atoms with Crippen molar-refractivity contribution < 1.29 is 9.53 Å². The maximum atomic E-state index is 11.5. The van der Waals surface area contributed by atoms with Gasteiger partial charge in [0.25, 0.3) is 5.91 Å². The van der Waals surface area contributed by atoms with Crippen LogP contribution >= 0.6 is 22.9 Å². The van der Waals surface area contributed by atoms with E-state index >= 15 is 0 Å². The number of rotatable bonds is 5. The average molecular weight is 441 g/mol. The standard InChI is InChI=1S/C22H21ClN4O2S/c1-24-20(28)12-29-14-6-5-13-9-10-27(17(13)11-14)22-15-3-2-4-16(15)25-21(26-22)18-7-8-19(23)30-18/h5-8,11H,2-4,9-10,12H2,1H3,(H,24,28). The first-order chi connectivity index (χ1) is 14.6. The quantitative estimate of drug-likeness (QED) is 0.645. The molecule has 0 radical (unpaired) electrons. The van der Waals surface area contributed by atoms with Crippen molar-refractivity contribution in [1.82, 2.24) is 15.3 Å². The van der Waals surface area contributed by atoms with Crippen molar-refractivity contribution in [3.05, 3.63) is 51.5 Å². The lowest BCUT2D eigenvalue weighted by molar-refractivity contribution is -0.122. The van der Waals surface area contributed by atoms with E-state index in [0.29, 0.717) is 5.75 Å². The molecule has 1 aliphatic heterocycles. The first-order valence-corrected chi connectivity index (χ1v) is 11.2. The fraction of sp³-hybridized carbons (Fsp3) is 0.318. The van der Waals surface area contributed by atoms with Gasteiger partial charge in [-0.15, -0.1) is 11.3 Å². The van der Waals surface area contributed by atoms with Crippen LogP contribution in [0.1, 0.15) is 23.2 Å². The summed E-state index contributed by atoms with van der Waals surface area (Å²) in [6.45, 7) is 0.865. The van der Waals surface area contributed by atoms with Crippen LogP contribution in [0.3, 0.4) is 0 Å². The predicted octanol–water partition coefficient (Wildman–Crippen LogP) is 4.17. The highest BCUT2D eigenvalue weighted by molar-refractivity contribution is 7.19. The molecule has 3 aromatic rings.